The van der Waals surface area contributed by atoms with Crippen LogP contribution in [0.1, 0.15) is 18.9 Å². The number of rotatable bonds is 5. The van der Waals surface area contributed by atoms with Crippen molar-refractivity contribution in [2.24, 2.45) is 0 Å². The van der Waals surface area contributed by atoms with Crippen molar-refractivity contribution in [1.82, 2.24) is 10.6 Å². The third-order valence-corrected chi connectivity index (χ3v) is 3.42. The quantitative estimate of drug-likeness (QED) is 0.859. The summed E-state index contributed by atoms with van der Waals surface area (Å²) in [6, 6.07) is 8.92. The number of ether oxygens (including phenoxy) is 1. The monoisotopic (exact) mass is 268 g/mol. The van der Waals surface area contributed by atoms with Crippen LogP contribution in [0.15, 0.2) is 24.3 Å². The van der Waals surface area contributed by atoms with E-state index in [1.165, 1.54) is 5.56 Å². The highest BCUT2D eigenvalue weighted by atomic mass is 35.5. The van der Waals surface area contributed by atoms with E-state index >= 15 is 0 Å². The SMILES string of the molecule is CC(CC1COCCN1)NCc1cccc(Cl)c1. The third kappa shape index (κ3) is 4.58. The van der Waals surface area contributed by atoms with E-state index in [4.69, 9.17) is 16.3 Å². The molecule has 1 saturated heterocycles. The second-order valence-electron chi connectivity index (χ2n) is 4.87. The fourth-order valence-corrected chi connectivity index (χ4v) is 2.43. The summed E-state index contributed by atoms with van der Waals surface area (Å²) in [7, 11) is 0. The van der Waals surface area contributed by atoms with Crippen LogP contribution in [0.25, 0.3) is 0 Å². The maximum Gasteiger partial charge on any atom is 0.0620 e. The van der Waals surface area contributed by atoms with Crippen LogP contribution in [0.2, 0.25) is 5.02 Å². The average Bonchev–Trinajstić information content (AvgIpc) is 2.38. The molecule has 0 saturated carbocycles. The summed E-state index contributed by atoms with van der Waals surface area (Å²) in [5.41, 5.74) is 1.22. The summed E-state index contributed by atoms with van der Waals surface area (Å²) >= 11 is 5.96. The first-order valence-corrected chi connectivity index (χ1v) is 6.91. The number of hydrogen-bond donors (Lipinski definition) is 2. The minimum Gasteiger partial charge on any atom is -0.379 e. The van der Waals surface area contributed by atoms with E-state index in [9.17, 15) is 0 Å². The van der Waals surface area contributed by atoms with Gasteiger partial charge in [0.15, 0.2) is 0 Å². The van der Waals surface area contributed by atoms with Crippen molar-refractivity contribution in [3.8, 4) is 0 Å². The predicted octanol–water partition coefficient (Wildman–Crippen LogP) is 2.20. The van der Waals surface area contributed by atoms with E-state index in [1.54, 1.807) is 0 Å². The lowest BCUT2D eigenvalue weighted by molar-refractivity contribution is 0.0712. The van der Waals surface area contributed by atoms with Crippen molar-refractivity contribution in [2.45, 2.75) is 32.0 Å². The Balaban J connectivity index is 1.72. The van der Waals surface area contributed by atoms with E-state index in [-0.39, 0.29) is 0 Å². The Morgan fingerprint density at radius 2 is 2.44 bits per heavy atom. The van der Waals surface area contributed by atoms with Crippen LogP contribution in [0.5, 0.6) is 0 Å². The minimum absolute atomic E-state index is 0.461. The molecular formula is C14H21ClN2O. The number of nitrogens with one attached hydrogen (secondary N) is 2. The molecule has 18 heavy (non-hydrogen) atoms. The molecule has 0 amide bonds. The first-order valence-electron chi connectivity index (χ1n) is 6.53. The van der Waals surface area contributed by atoms with Gasteiger partial charge in [-0.3, -0.25) is 0 Å². The molecule has 1 fully saturated rings. The first-order chi connectivity index (χ1) is 8.74. The van der Waals surface area contributed by atoms with Gasteiger partial charge in [-0.15, -0.1) is 0 Å². The maximum atomic E-state index is 5.96. The number of hydrogen-bond acceptors (Lipinski definition) is 3. The number of morpholine rings is 1. The van der Waals surface area contributed by atoms with Gasteiger partial charge in [-0.25, -0.2) is 0 Å². The van der Waals surface area contributed by atoms with Crippen LogP contribution in [-0.4, -0.2) is 31.8 Å². The average molecular weight is 269 g/mol. The molecule has 1 heterocycles. The van der Waals surface area contributed by atoms with E-state index in [0.717, 1.165) is 37.7 Å². The third-order valence-electron chi connectivity index (χ3n) is 3.18. The number of benzene rings is 1. The fraction of sp³-hybridized carbons (Fsp3) is 0.571. The Morgan fingerprint density at radius 3 is 3.17 bits per heavy atom. The Hall–Kier alpha value is -0.610. The molecule has 1 aromatic carbocycles. The zero-order chi connectivity index (χ0) is 12.8. The topological polar surface area (TPSA) is 33.3 Å². The van der Waals surface area contributed by atoms with Crippen LogP contribution < -0.4 is 10.6 Å². The highest BCUT2D eigenvalue weighted by Gasteiger charge is 2.15. The van der Waals surface area contributed by atoms with Crippen LogP contribution in [0, 0.1) is 0 Å². The summed E-state index contributed by atoms with van der Waals surface area (Å²) < 4.78 is 5.45. The molecule has 2 N–H and O–H groups in total. The second kappa shape index (κ2) is 7.10. The zero-order valence-electron chi connectivity index (χ0n) is 10.8. The van der Waals surface area contributed by atoms with Gasteiger partial charge in [-0.1, -0.05) is 23.7 Å². The van der Waals surface area contributed by atoms with E-state index in [2.05, 4.69) is 23.6 Å². The van der Waals surface area contributed by atoms with Crippen molar-refractivity contribution in [3.63, 3.8) is 0 Å². The smallest absolute Gasteiger partial charge is 0.0620 e. The van der Waals surface area contributed by atoms with Crippen LogP contribution in [0.4, 0.5) is 0 Å². The Kier molecular flexibility index (Phi) is 5.45. The molecule has 0 aromatic heterocycles. The van der Waals surface area contributed by atoms with Gasteiger partial charge in [0.2, 0.25) is 0 Å². The normalized spacial score (nSPS) is 21.8. The Morgan fingerprint density at radius 1 is 1.56 bits per heavy atom. The highest BCUT2D eigenvalue weighted by molar-refractivity contribution is 6.30. The summed E-state index contributed by atoms with van der Waals surface area (Å²) in [6.45, 7) is 5.69. The fourth-order valence-electron chi connectivity index (χ4n) is 2.22. The van der Waals surface area contributed by atoms with Gasteiger partial charge in [0.05, 0.1) is 13.2 Å². The summed E-state index contributed by atoms with van der Waals surface area (Å²) in [6.07, 6.45) is 1.08. The standard InChI is InChI=1S/C14H21ClN2O/c1-11(7-14-10-18-6-5-16-14)17-9-12-3-2-4-13(15)8-12/h2-4,8,11,14,16-17H,5-7,9-10H2,1H3. The molecule has 2 unspecified atom stereocenters. The van der Waals surface area contributed by atoms with Gasteiger partial charge in [0, 0.05) is 30.2 Å². The van der Waals surface area contributed by atoms with Gasteiger partial charge < -0.3 is 15.4 Å². The molecular weight excluding hydrogens is 248 g/mol. The summed E-state index contributed by atoms with van der Waals surface area (Å²) in [5.74, 6) is 0. The van der Waals surface area contributed by atoms with Gasteiger partial charge in [0.1, 0.15) is 0 Å². The Bertz CT molecular complexity index is 367. The van der Waals surface area contributed by atoms with Crippen LogP contribution in [0.3, 0.4) is 0 Å². The molecule has 1 aliphatic rings. The van der Waals surface area contributed by atoms with Crippen LogP contribution >= 0.6 is 11.6 Å². The van der Waals surface area contributed by atoms with Gasteiger partial charge >= 0.3 is 0 Å². The van der Waals surface area contributed by atoms with Crippen molar-refractivity contribution < 1.29 is 4.74 Å². The molecule has 2 rings (SSSR count). The number of halogens is 1. The minimum atomic E-state index is 0.461. The van der Waals surface area contributed by atoms with Crippen molar-refractivity contribution in [3.05, 3.63) is 34.9 Å². The lowest BCUT2D eigenvalue weighted by atomic mass is 10.1. The maximum absolute atomic E-state index is 5.96. The molecule has 1 aromatic rings. The van der Waals surface area contributed by atoms with Gasteiger partial charge in [0.25, 0.3) is 0 Å². The highest BCUT2D eigenvalue weighted by Crippen LogP contribution is 2.11. The first kappa shape index (κ1) is 13.8. The molecule has 0 aliphatic carbocycles. The Labute approximate surface area is 114 Å². The molecule has 2 atom stereocenters. The molecule has 0 spiro atoms. The van der Waals surface area contributed by atoms with Crippen LogP contribution in [-0.2, 0) is 11.3 Å². The molecule has 100 valence electrons. The van der Waals surface area contributed by atoms with Gasteiger partial charge in [-0.2, -0.15) is 0 Å². The van der Waals surface area contributed by atoms with Gasteiger partial charge in [-0.05, 0) is 31.0 Å². The van der Waals surface area contributed by atoms with E-state index in [1.807, 2.05) is 18.2 Å². The summed E-state index contributed by atoms with van der Waals surface area (Å²) in [5, 5.41) is 7.79. The molecule has 0 bridgehead atoms. The predicted molar refractivity (Wildman–Crippen MR) is 75.0 cm³/mol. The van der Waals surface area contributed by atoms with E-state index < -0.39 is 0 Å². The van der Waals surface area contributed by atoms with Crippen molar-refractivity contribution in [2.75, 3.05) is 19.8 Å². The molecule has 0 radical (unpaired) electrons. The lowest BCUT2D eigenvalue weighted by Gasteiger charge is -2.26. The largest absolute Gasteiger partial charge is 0.379 e. The lowest BCUT2D eigenvalue weighted by Crippen LogP contribution is -2.44. The summed E-state index contributed by atoms with van der Waals surface area (Å²) in [4.78, 5) is 0. The van der Waals surface area contributed by atoms with Crippen molar-refractivity contribution >= 4 is 11.6 Å². The zero-order valence-corrected chi connectivity index (χ0v) is 11.5. The molecule has 1 aliphatic heterocycles. The molecule has 4 heteroatoms. The van der Waals surface area contributed by atoms with Crippen molar-refractivity contribution in [1.29, 1.82) is 0 Å². The van der Waals surface area contributed by atoms with E-state index in [0.29, 0.717) is 12.1 Å². The molecule has 3 nitrogen and oxygen atoms in total. The second-order valence-corrected chi connectivity index (χ2v) is 5.31.